The predicted octanol–water partition coefficient (Wildman–Crippen LogP) is 3.77. The lowest BCUT2D eigenvalue weighted by Gasteiger charge is -2.01. The van der Waals surface area contributed by atoms with Gasteiger partial charge in [0.15, 0.2) is 4.77 Å². The van der Waals surface area contributed by atoms with Gasteiger partial charge in [0, 0.05) is 16.0 Å². The Balaban J connectivity index is 2.04. The highest BCUT2D eigenvalue weighted by atomic mass is 32.1. The first-order valence-electron chi connectivity index (χ1n) is 5.88. The van der Waals surface area contributed by atoms with Crippen molar-refractivity contribution in [1.29, 1.82) is 0 Å². The van der Waals surface area contributed by atoms with Gasteiger partial charge in [-0.3, -0.25) is 4.98 Å². The number of aryl methyl sites for hydroxylation is 1. The number of aromatic nitrogens is 3. The molecule has 0 amide bonds. The third-order valence-corrected chi connectivity index (χ3v) is 4.49. The van der Waals surface area contributed by atoms with Crippen molar-refractivity contribution in [3.05, 3.63) is 45.1 Å². The first-order chi connectivity index (χ1) is 8.78. The minimum absolute atomic E-state index is 0.754. The molecule has 0 aliphatic heterocycles. The topological polar surface area (TPSA) is 33.6 Å². The summed E-state index contributed by atoms with van der Waals surface area (Å²) in [6, 6.07) is 6.38. The zero-order chi connectivity index (χ0) is 12.5. The summed E-state index contributed by atoms with van der Waals surface area (Å²) in [6.07, 6.45) is 4.70. The lowest BCUT2D eigenvalue weighted by atomic mass is 10.3. The zero-order valence-corrected chi connectivity index (χ0v) is 11.6. The molecule has 0 aromatic carbocycles. The van der Waals surface area contributed by atoms with E-state index in [1.807, 2.05) is 23.6 Å². The molecule has 3 heterocycles. The van der Waals surface area contributed by atoms with Crippen molar-refractivity contribution in [3.63, 3.8) is 0 Å². The molecule has 0 saturated heterocycles. The van der Waals surface area contributed by atoms with E-state index in [0.29, 0.717) is 0 Å². The Kier molecular flexibility index (Phi) is 3.01. The molecule has 0 saturated carbocycles. The Labute approximate surface area is 114 Å². The van der Waals surface area contributed by atoms with Crippen LogP contribution in [0.5, 0.6) is 0 Å². The van der Waals surface area contributed by atoms with Gasteiger partial charge < -0.3 is 9.55 Å². The summed E-state index contributed by atoms with van der Waals surface area (Å²) in [7, 11) is 0. The average Bonchev–Trinajstić information content (AvgIpc) is 2.96. The fourth-order valence-electron chi connectivity index (χ4n) is 2.02. The SMILES string of the molecule is CCc1ccc(Cn2c(=S)[nH]c3cnccc32)s1. The molecule has 5 heteroatoms. The quantitative estimate of drug-likeness (QED) is 0.738. The Bertz CT molecular complexity index is 736. The molecule has 0 fully saturated rings. The van der Waals surface area contributed by atoms with Crippen LogP contribution in [-0.4, -0.2) is 14.5 Å². The van der Waals surface area contributed by atoms with Gasteiger partial charge in [-0.25, -0.2) is 0 Å². The van der Waals surface area contributed by atoms with Gasteiger partial charge >= 0.3 is 0 Å². The van der Waals surface area contributed by atoms with Gasteiger partial charge in [0.1, 0.15) is 0 Å². The molecule has 0 radical (unpaired) electrons. The third-order valence-electron chi connectivity index (χ3n) is 2.96. The van der Waals surface area contributed by atoms with Gasteiger partial charge in [-0.05, 0) is 36.8 Å². The maximum atomic E-state index is 5.37. The second-order valence-electron chi connectivity index (χ2n) is 4.13. The summed E-state index contributed by atoms with van der Waals surface area (Å²) in [5.74, 6) is 0. The molecule has 0 aliphatic rings. The van der Waals surface area contributed by atoms with E-state index in [4.69, 9.17) is 12.2 Å². The summed E-state index contributed by atoms with van der Waals surface area (Å²) in [4.78, 5) is 10.0. The molecule has 1 N–H and O–H groups in total. The van der Waals surface area contributed by atoms with Gasteiger partial charge in [0.2, 0.25) is 0 Å². The molecule has 92 valence electrons. The van der Waals surface area contributed by atoms with Gasteiger partial charge in [-0.2, -0.15) is 0 Å². The number of thiophene rings is 1. The van der Waals surface area contributed by atoms with Gasteiger partial charge in [0.05, 0.1) is 23.8 Å². The van der Waals surface area contributed by atoms with Crippen molar-refractivity contribution in [3.8, 4) is 0 Å². The molecule has 0 aliphatic carbocycles. The minimum atomic E-state index is 0.754. The molecular formula is C13H13N3S2. The fraction of sp³-hybridized carbons (Fsp3) is 0.231. The highest BCUT2D eigenvalue weighted by Gasteiger charge is 2.06. The Morgan fingerprint density at radius 2 is 2.17 bits per heavy atom. The van der Waals surface area contributed by atoms with Crippen LogP contribution in [-0.2, 0) is 13.0 Å². The van der Waals surface area contributed by atoms with Crippen LogP contribution >= 0.6 is 23.6 Å². The molecule has 0 unspecified atom stereocenters. The highest BCUT2D eigenvalue weighted by Crippen LogP contribution is 2.20. The number of hydrogen-bond acceptors (Lipinski definition) is 3. The van der Waals surface area contributed by atoms with E-state index in [-0.39, 0.29) is 0 Å². The van der Waals surface area contributed by atoms with E-state index in [9.17, 15) is 0 Å². The first-order valence-corrected chi connectivity index (χ1v) is 7.10. The number of hydrogen-bond donors (Lipinski definition) is 1. The van der Waals surface area contributed by atoms with E-state index in [1.165, 1.54) is 9.75 Å². The fourth-order valence-corrected chi connectivity index (χ4v) is 3.24. The molecule has 0 spiro atoms. The van der Waals surface area contributed by atoms with E-state index < -0.39 is 0 Å². The number of fused-ring (bicyclic) bond motifs is 1. The molecule has 0 atom stereocenters. The molecule has 3 nitrogen and oxygen atoms in total. The maximum absolute atomic E-state index is 5.37. The highest BCUT2D eigenvalue weighted by molar-refractivity contribution is 7.71. The van der Waals surface area contributed by atoms with Crippen molar-refractivity contribution in [2.75, 3.05) is 0 Å². The molecule has 3 rings (SSSR count). The standard InChI is InChI=1S/C13H13N3S2/c1-2-9-3-4-10(18-9)8-16-12-5-6-14-7-11(12)15-13(16)17/h3-7H,2,8H2,1H3,(H,15,17). The van der Waals surface area contributed by atoms with E-state index >= 15 is 0 Å². The molecule has 3 aromatic rings. The average molecular weight is 275 g/mol. The second kappa shape index (κ2) is 4.66. The number of pyridine rings is 1. The van der Waals surface area contributed by atoms with Crippen LogP contribution in [0.2, 0.25) is 0 Å². The zero-order valence-electron chi connectivity index (χ0n) is 10.0. The molecule has 0 bridgehead atoms. The van der Waals surface area contributed by atoms with Crippen molar-refractivity contribution in [2.24, 2.45) is 0 Å². The van der Waals surface area contributed by atoms with Crippen LogP contribution in [0.1, 0.15) is 16.7 Å². The summed E-state index contributed by atoms with van der Waals surface area (Å²) >= 11 is 7.22. The first kappa shape index (κ1) is 11.6. The van der Waals surface area contributed by atoms with E-state index in [2.05, 4.69) is 33.6 Å². The number of imidazole rings is 1. The van der Waals surface area contributed by atoms with Crippen LogP contribution in [0.4, 0.5) is 0 Å². The van der Waals surface area contributed by atoms with Crippen molar-refractivity contribution in [2.45, 2.75) is 19.9 Å². The third kappa shape index (κ3) is 2.00. The summed E-state index contributed by atoms with van der Waals surface area (Å²) in [5.41, 5.74) is 2.11. The summed E-state index contributed by atoms with van der Waals surface area (Å²) in [5, 5.41) is 0. The number of nitrogens with zero attached hydrogens (tertiary/aromatic N) is 2. The maximum Gasteiger partial charge on any atom is 0.178 e. The van der Waals surface area contributed by atoms with Crippen LogP contribution in [0.25, 0.3) is 11.0 Å². The summed E-state index contributed by atoms with van der Waals surface area (Å²) < 4.78 is 2.88. The predicted molar refractivity (Wildman–Crippen MR) is 77.7 cm³/mol. The van der Waals surface area contributed by atoms with E-state index in [0.717, 1.165) is 28.8 Å². The number of nitrogens with one attached hydrogen (secondary N) is 1. The number of aromatic amines is 1. The molecule has 3 aromatic heterocycles. The lowest BCUT2D eigenvalue weighted by molar-refractivity contribution is 0.823. The minimum Gasteiger partial charge on any atom is -0.329 e. The second-order valence-corrected chi connectivity index (χ2v) is 5.77. The normalized spacial score (nSPS) is 11.2. The Hall–Kier alpha value is -1.46. The van der Waals surface area contributed by atoms with Crippen molar-refractivity contribution in [1.82, 2.24) is 14.5 Å². The van der Waals surface area contributed by atoms with Gasteiger partial charge in [-0.15, -0.1) is 11.3 Å². The van der Waals surface area contributed by atoms with Crippen molar-refractivity contribution >= 4 is 34.6 Å². The van der Waals surface area contributed by atoms with Crippen LogP contribution in [0, 0.1) is 4.77 Å². The van der Waals surface area contributed by atoms with Crippen LogP contribution in [0.3, 0.4) is 0 Å². The summed E-state index contributed by atoms with van der Waals surface area (Å²) in [6.45, 7) is 3.01. The lowest BCUT2D eigenvalue weighted by Crippen LogP contribution is -1.97. The molecular weight excluding hydrogens is 262 g/mol. The van der Waals surface area contributed by atoms with Gasteiger partial charge in [0.25, 0.3) is 0 Å². The molecule has 18 heavy (non-hydrogen) atoms. The largest absolute Gasteiger partial charge is 0.329 e. The Morgan fingerprint density at radius 3 is 2.94 bits per heavy atom. The van der Waals surface area contributed by atoms with Crippen LogP contribution < -0.4 is 0 Å². The number of H-pyrrole nitrogens is 1. The Morgan fingerprint density at radius 1 is 1.33 bits per heavy atom. The van der Waals surface area contributed by atoms with E-state index in [1.54, 1.807) is 6.20 Å². The van der Waals surface area contributed by atoms with Gasteiger partial charge in [-0.1, -0.05) is 6.92 Å². The van der Waals surface area contributed by atoms with Crippen LogP contribution in [0.15, 0.2) is 30.6 Å². The smallest absolute Gasteiger partial charge is 0.178 e. The van der Waals surface area contributed by atoms with Crippen molar-refractivity contribution < 1.29 is 0 Å². The number of rotatable bonds is 3. The monoisotopic (exact) mass is 275 g/mol.